The molecule has 15 heavy (non-hydrogen) atoms. The van der Waals surface area contributed by atoms with E-state index in [1.807, 2.05) is 0 Å². The molecule has 0 aliphatic heterocycles. The molecule has 0 heterocycles. The summed E-state index contributed by atoms with van der Waals surface area (Å²) >= 11 is 0. The Morgan fingerprint density at radius 3 is 2.20 bits per heavy atom. The molecule has 0 radical (unpaired) electrons. The van der Waals surface area contributed by atoms with Crippen molar-refractivity contribution in [1.82, 2.24) is 9.96 Å². The Hall–Kier alpha value is -1.59. The third kappa shape index (κ3) is 3.97. The molecule has 6 nitrogen and oxygen atoms in total. The molecule has 0 atom stereocenters. The van der Waals surface area contributed by atoms with Gasteiger partial charge in [0.25, 0.3) is 12.3 Å². The Balaban J connectivity index is 4.73. The van der Waals surface area contributed by atoms with Crippen molar-refractivity contribution in [2.45, 2.75) is 13.3 Å². The fourth-order valence-corrected chi connectivity index (χ4v) is 0.938. The van der Waals surface area contributed by atoms with Gasteiger partial charge in [0.15, 0.2) is 0 Å². The summed E-state index contributed by atoms with van der Waals surface area (Å²) in [6, 6.07) is 0.406. The van der Waals surface area contributed by atoms with Crippen molar-refractivity contribution in [3.63, 3.8) is 0 Å². The topological polar surface area (TPSA) is 52.9 Å². The molecule has 0 unspecified atom stereocenters. The summed E-state index contributed by atoms with van der Waals surface area (Å²) in [5, 5.41) is 0.690. The van der Waals surface area contributed by atoms with Crippen LogP contribution in [0.15, 0.2) is 0 Å². The Labute approximate surface area is 89.7 Å². The first-order valence-corrected chi connectivity index (χ1v) is 4.61. The number of amidine groups is 1. The SMILES string of the molecule is CCC(=O)N(C=O)OC(N(C)C)=[N+](C)C. The van der Waals surface area contributed by atoms with E-state index in [2.05, 4.69) is 0 Å². The number of hydroxylamine groups is 2. The first-order chi connectivity index (χ1) is 6.93. The van der Waals surface area contributed by atoms with Crippen molar-refractivity contribution in [2.24, 2.45) is 0 Å². The smallest absolute Gasteiger partial charge is 0.292 e. The fourth-order valence-electron chi connectivity index (χ4n) is 0.938. The van der Waals surface area contributed by atoms with Gasteiger partial charge in [-0.25, -0.2) is 9.48 Å². The summed E-state index contributed by atoms with van der Waals surface area (Å²) < 4.78 is 1.67. The monoisotopic (exact) mass is 216 g/mol. The lowest BCUT2D eigenvalue weighted by Gasteiger charge is -2.16. The summed E-state index contributed by atoms with van der Waals surface area (Å²) in [5.74, 6) is -0.383. The molecule has 0 aromatic carbocycles. The van der Waals surface area contributed by atoms with Gasteiger partial charge in [-0.2, -0.15) is 0 Å². The Morgan fingerprint density at radius 2 is 1.93 bits per heavy atom. The molecule has 0 saturated carbocycles. The van der Waals surface area contributed by atoms with Crippen molar-refractivity contribution >= 4 is 18.3 Å². The van der Waals surface area contributed by atoms with Gasteiger partial charge in [0.05, 0.1) is 28.2 Å². The molecule has 0 fully saturated rings. The summed E-state index contributed by atoms with van der Waals surface area (Å²) in [4.78, 5) is 28.7. The second-order valence-electron chi connectivity index (χ2n) is 3.34. The maximum absolute atomic E-state index is 11.2. The van der Waals surface area contributed by atoms with E-state index in [9.17, 15) is 9.59 Å². The highest BCUT2D eigenvalue weighted by Gasteiger charge is 2.21. The highest BCUT2D eigenvalue weighted by Crippen LogP contribution is 1.95. The average molecular weight is 216 g/mol. The predicted molar refractivity (Wildman–Crippen MR) is 55.1 cm³/mol. The zero-order valence-electron chi connectivity index (χ0n) is 9.85. The van der Waals surface area contributed by atoms with Crippen molar-refractivity contribution < 1.29 is 19.0 Å². The van der Waals surface area contributed by atoms with Crippen LogP contribution in [0.3, 0.4) is 0 Å². The van der Waals surface area contributed by atoms with E-state index >= 15 is 0 Å². The van der Waals surface area contributed by atoms with Crippen molar-refractivity contribution in [1.29, 1.82) is 0 Å². The third-order valence-corrected chi connectivity index (χ3v) is 1.59. The lowest BCUT2D eigenvalue weighted by Crippen LogP contribution is -2.40. The lowest BCUT2D eigenvalue weighted by molar-refractivity contribution is -0.484. The summed E-state index contributed by atoms with van der Waals surface area (Å²) in [6.07, 6.45) is 0.575. The van der Waals surface area contributed by atoms with Gasteiger partial charge in [-0.3, -0.25) is 14.4 Å². The average Bonchev–Trinajstić information content (AvgIpc) is 2.17. The number of nitrogens with zero attached hydrogens (tertiary/aromatic N) is 3. The third-order valence-electron chi connectivity index (χ3n) is 1.59. The molecule has 0 aliphatic carbocycles. The van der Waals surface area contributed by atoms with Crippen LogP contribution < -0.4 is 0 Å². The minimum absolute atomic E-state index is 0.215. The molecule has 6 heteroatoms. The Bertz CT molecular complexity index is 270. The number of rotatable bonds is 2. The minimum atomic E-state index is -0.383. The van der Waals surface area contributed by atoms with Crippen LogP contribution in [0.25, 0.3) is 0 Å². The first kappa shape index (κ1) is 13.4. The Kier molecular flexibility index (Phi) is 5.36. The van der Waals surface area contributed by atoms with E-state index < -0.39 is 0 Å². The standard InChI is InChI=1S/C9H18N3O3/c1-6-8(14)12(7-13)15-9(10(2)3)11(4)5/h7H,6H2,1-5H3/q+1. The quantitative estimate of drug-likeness (QED) is 0.205. The fraction of sp³-hybridized carbons (Fsp3) is 0.667. The number of imide groups is 1. The zero-order chi connectivity index (χ0) is 12.0. The van der Waals surface area contributed by atoms with Gasteiger partial charge in [-0.15, -0.1) is 5.06 Å². The molecule has 86 valence electrons. The minimum Gasteiger partial charge on any atom is -0.292 e. The Morgan fingerprint density at radius 1 is 1.40 bits per heavy atom. The number of hydrogen-bond acceptors (Lipinski definition) is 3. The van der Waals surface area contributed by atoms with E-state index in [-0.39, 0.29) is 12.3 Å². The van der Waals surface area contributed by atoms with Gasteiger partial charge < -0.3 is 0 Å². The van der Waals surface area contributed by atoms with E-state index in [0.717, 1.165) is 0 Å². The number of carbonyl (C=O) groups excluding carboxylic acids is 2. The normalized spacial score (nSPS) is 9.13. The molecule has 0 rings (SSSR count). The van der Waals surface area contributed by atoms with Crippen LogP contribution in [0, 0.1) is 0 Å². The highest BCUT2D eigenvalue weighted by atomic mass is 16.7. The molecule has 0 aromatic heterocycles. The van der Waals surface area contributed by atoms with Crippen molar-refractivity contribution in [2.75, 3.05) is 28.2 Å². The number of hydrogen-bond donors (Lipinski definition) is 0. The van der Waals surface area contributed by atoms with Gasteiger partial charge in [0, 0.05) is 6.42 Å². The van der Waals surface area contributed by atoms with Crippen LogP contribution in [-0.2, 0) is 14.4 Å². The van der Waals surface area contributed by atoms with Crippen molar-refractivity contribution in [3.05, 3.63) is 0 Å². The molecular weight excluding hydrogens is 198 g/mol. The largest absolute Gasteiger partial charge is 0.470 e. The molecular formula is C9H18N3O3+. The molecule has 2 amide bonds. The first-order valence-electron chi connectivity index (χ1n) is 4.61. The molecule has 0 spiro atoms. The van der Waals surface area contributed by atoms with Gasteiger partial charge in [0.2, 0.25) is 0 Å². The number of amides is 2. The molecule has 0 N–H and O–H groups in total. The van der Waals surface area contributed by atoms with Gasteiger partial charge >= 0.3 is 6.02 Å². The van der Waals surface area contributed by atoms with Gasteiger partial charge in [-0.1, -0.05) is 6.92 Å². The molecule has 0 bridgehead atoms. The molecule has 0 aromatic rings. The van der Waals surface area contributed by atoms with Crippen LogP contribution in [0.4, 0.5) is 0 Å². The highest BCUT2D eigenvalue weighted by molar-refractivity contribution is 5.86. The maximum Gasteiger partial charge on any atom is 0.470 e. The molecule has 0 aliphatic rings. The van der Waals surface area contributed by atoms with Gasteiger partial charge in [-0.05, 0) is 0 Å². The van der Waals surface area contributed by atoms with Crippen LogP contribution in [0.2, 0.25) is 0 Å². The maximum atomic E-state index is 11.2. The van der Waals surface area contributed by atoms with E-state index in [4.69, 9.17) is 4.84 Å². The van der Waals surface area contributed by atoms with Crippen molar-refractivity contribution in [3.8, 4) is 0 Å². The van der Waals surface area contributed by atoms with Crippen LogP contribution in [-0.4, -0.2) is 61.1 Å². The lowest BCUT2D eigenvalue weighted by atomic mass is 10.5. The van der Waals surface area contributed by atoms with E-state index in [1.165, 1.54) is 0 Å². The van der Waals surface area contributed by atoms with E-state index in [1.54, 1.807) is 44.6 Å². The summed E-state index contributed by atoms with van der Waals surface area (Å²) in [6.45, 7) is 1.66. The van der Waals surface area contributed by atoms with Crippen LogP contribution in [0.1, 0.15) is 13.3 Å². The summed E-state index contributed by atoms with van der Waals surface area (Å²) in [5.41, 5.74) is 0. The predicted octanol–water partition coefficient (Wildman–Crippen LogP) is -0.497. The number of carbonyl (C=O) groups is 2. The van der Waals surface area contributed by atoms with Gasteiger partial charge in [0.1, 0.15) is 0 Å². The van der Waals surface area contributed by atoms with Crippen LogP contribution in [0.5, 0.6) is 0 Å². The second-order valence-corrected chi connectivity index (χ2v) is 3.34. The van der Waals surface area contributed by atoms with Crippen LogP contribution >= 0.6 is 0 Å². The summed E-state index contributed by atoms with van der Waals surface area (Å²) in [7, 11) is 7.03. The molecule has 0 saturated heterocycles. The van der Waals surface area contributed by atoms with E-state index in [0.29, 0.717) is 17.5 Å². The second kappa shape index (κ2) is 6.00. The zero-order valence-corrected chi connectivity index (χ0v) is 9.85.